The van der Waals surface area contributed by atoms with Crippen LogP contribution in [0.15, 0.2) is 35.4 Å². The normalized spacial score (nSPS) is 15.1. The number of nitrogens with zero attached hydrogens (tertiary/aromatic N) is 2. The number of hydrogen-bond acceptors (Lipinski definition) is 3. The number of sulfonamides is 1. The molecule has 2 heterocycles. The smallest absolute Gasteiger partial charge is 0.270 e. The van der Waals surface area contributed by atoms with Crippen molar-refractivity contribution in [3.63, 3.8) is 0 Å². The Labute approximate surface area is 139 Å². The number of nitrogens with one attached hydrogen (secondary N) is 1. The van der Waals surface area contributed by atoms with Crippen LogP contribution in [0.5, 0.6) is 0 Å². The van der Waals surface area contributed by atoms with Crippen molar-refractivity contribution in [3.05, 3.63) is 47.5 Å². The lowest BCUT2D eigenvalue weighted by Crippen LogP contribution is -2.26. The second-order valence-corrected chi connectivity index (χ2v) is 7.61. The first-order chi connectivity index (χ1) is 11.3. The molecule has 3 rings (SSSR count). The minimum atomic E-state index is -3.98. The summed E-state index contributed by atoms with van der Waals surface area (Å²) < 4.78 is 42.8. The third kappa shape index (κ3) is 3.01. The van der Waals surface area contributed by atoms with E-state index in [1.165, 1.54) is 24.4 Å². The van der Waals surface area contributed by atoms with Crippen molar-refractivity contribution in [2.45, 2.75) is 24.8 Å². The molecule has 1 N–H and O–H groups in total. The molecule has 2 aromatic rings. The second kappa shape index (κ2) is 5.94. The van der Waals surface area contributed by atoms with Crippen LogP contribution in [-0.2, 0) is 16.6 Å². The molecule has 6 nitrogen and oxygen atoms in total. The van der Waals surface area contributed by atoms with E-state index in [-0.39, 0.29) is 16.5 Å². The van der Waals surface area contributed by atoms with E-state index in [4.69, 9.17) is 0 Å². The fraction of sp³-hybridized carbons (Fsp3) is 0.312. The van der Waals surface area contributed by atoms with E-state index in [2.05, 4.69) is 4.72 Å². The SMILES string of the molecule is Cc1ccc(NS(=O)(=O)c2cc3n(c2)CCCN(C)C3=O)c(F)c1. The van der Waals surface area contributed by atoms with Crippen LogP contribution in [0, 0.1) is 12.7 Å². The third-order valence-electron chi connectivity index (χ3n) is 4.01. The maximum Gasteiger partial charge on any atom is 0.270 e. The summed E-state index contributed by atoms with van der Waals surface area (Å²) in [6, 6.07) is 5.58. The number of carbonyl (C=O) groups is 1. The van der Waals surface area contributed by atoms with E-state index in [1.807, 2.05) is 0 Å². The molecule has 1 aliphatic rings. The summed E-state index contributed by atoms with van der Waals surface area (Å²) in [4.78, 5) is 13.8. The fourth-order valence-electron chi connectivity index (χ4n) is 2.68. The predicted molar refractivity (Wildman–Crippen MR) is 88.0 cm³/mol. The standard InChI is InChI=1S/C16H18FN3O3S/c1-11-4-5-14(13(17)8-11)18-24(22,23)12-9-15-16(21)19(2)6-3-7-20(15)10-12/h4-5,8-10,18H,3,6-7H2,1-2H3. The first kappa shape index (κ1) is 16.5. The quantitative estimate of drug-likeness (QED) is 0.922. The number of aryl methyl sites for hydroxylation is 2. The number of halogens is 1. The highest BCUT2D eigenvalue weighted by Gasteiger charge is 2.25. The van der Waals surface area contributed by atoms with Gasteiger partial charge >= 0.3 is 0 Å². The molecule has 24 heavy (non-hydrogen) atoms. The summed E-state index contributed by atoms with van der Waals surface area (Å²) in [6.07, 6.45) is 2.16. The van der Waals surface area contributed by atoms with Crippen LogP contribution in [0.4, 0.5) is 10.1 Å². The number of aromatic nitrogens is 1. The van der Waals surface area contributed by atoms with Gasteiger partial charge in [0, 0.05) is 26.3 Å². The lowest BCUT2D eigenvalue weighted by molar-refractivity contribution is 0.0796. The molecule has 0 radical (unpaired) electrons. The van der Waals surface area contributed by atoms with E-state index in [0.29, 0.717) is 24.3 Å². The summed E-state index contributed by atoms with van der Waals surface area (Å²) in [5.41, 5.74) is 0.893. The summed E-state index contributed by atoms with van der Waals surface area (Å²) in [5.74, 6) is -0.870. The van der Waals surface area contributed by atoms with Crippen LogP contribution >= 0.6 is 0 Å². The van der Waals surface area contributed by atoms with Crippen molar-refractivity contribution < 1.29 is 17.6 Å². The fourth-order valence-corrected chi connectivity index (χ4v) is 3.78. The van der Waals surface area contributed by atoms with Crippen molar-refractivity contribution in [2.75, 3.05) is 18.3 Å². The molecule has 1 aromatic carbocycles. The molecule has 8 heteroatoms. The second-order valence-electron chi connectivity index (χ2n) is 5.92. The highest BCUT2D eigenvalue weighted by atomic mass is 32.2. The van der Waals surface area contributed by atoms with E-state index >= 15 is 0 Å². The van der Waals surface area contributed by atoms with Crippen LogP contribution < -0.4 is 4.72 Å². The maximum atomic E-state index is 13.9. The van der Waals surface area contributed by atoms with Crippen molar-refractivity contribution in [1.29, 1.82) is 0 Å². The number of rotatable bonds is 3. The average Bonchev–Trinajstić information content (AvgIpc) is 2.89. The summed E-state index contributed by atoms with van der Waals surface area (Å²) in [7, 11) is -2.30. The van der Waals surface area contributed by atoms with Gasteiger partial charge in [0.25, 0.3) is 15.9 Å². The minimum Gasteiger partial charge on any atom is -0.342 e. The zero-order valence-corrected chi connectivity index (χ0v) is 14.2. The maximum absolute atomic E-state index is 13.9. The Morgan fingerprint density at radius 3 is 2.67 bits per heavy atom. The summed E-state index contributed by atoms with van der Waals surface area (Å²) >= 11 is 0. The summed E-state index contributed by atoms with van der Waals surface area (Å²) in [5, 5.41) is 0. The van der Waals surface area contributed by atoms with Crippen molar-refractivity contribution in [1.82, 2.24) is 9.47 Å². The minimum absolute atomic E-state index is 0.0545. The van der Waals surface area contributed by atoms with Crippen LogP contribution in [0.3, 0.4) is 0 Å². The van der Waals surface area contributed by atoms with Crippen LogP contribution in [0.25, 0.3) is 0 Å². The molecule has 1 aromatic heterocycles. The van der Waals surface area contributed by atoms with Crippen molar-refractivity contribution in [2.24, 2.45) is 0 Å². The molecular formula is C16H18FN3O3S. The van der Waals surface area contributed by atoms with Crippen LogP contribution in [0.1, 0.15) is 22.5 Å². The molecular weight excluding hydrogens is 333 g/mol. The first-order valence-electron chi connectivity index (χ1n) is 7.52. The van der Waals surface area contributed by atoms with Gasteiger partial charge < -0.3 is 9.47 Å². The zero-order valence-electron chi connectivity index (χ0n) is 13.4. The van der Waals surface area contributed by atoms with Crippen molar-refractivity contribution >= 4 is 21.6 Å². The van der Waals surface area contributed by atoms with Gasteiger partial charge in [-0.25, -0.2) is 12.8 Å². The Hall–Kier alpha value is -2.35. The van der Waals surface area contributed by atoms with E-state index in [1.54, 1.807) is 29.5 Å². The molecule has 1 amide bonds. The molecule has 0 spiro atoms. The van der Waals surface area contributed by atoms with Crippen LogP contribution in [0.2, 0.25) is 0 Å². The largest absolute Gasteiger partial charge is 0.342 e. The highest BCUT2D eigenvalue weighted by Crippen LogP contribution is 2.23. The van der Waals surface area contributed by atoms with E-state index in [0.717, 1.165) is 6.42 Å². The van der Waals surface area contributed by atoms with Gasteiger partial charge in [-0.3, -0.25) is 9.52 Å². The first-order valence-corrected chi connectivity index (χ1v) is 9.01. The summed E-state index contributed by atoms with van der Waals surface area (Å²) in [6.45, 7) is 2.89. The Bertz CT molecular complexity index is 905. The average molecular weight is 351 g/mol. The lowest BCUT2D eigenvalue weighted by atomic mass is 10.2. The molecule has 0 atom stereocenters. The number of hydrogen-bond donors (Lipinski definition) is 1. The molecule has 0 aliphatic carbocycles. The highest BCUT2D eigenvalue weighted by molar-refractivity contribution is 7.92. The van der Waals surface area contributed by atoms with E-state index in [9.17, 15) is 17.6 Å². The Morgan fingerprint density at radius 2 is 1.96 bits per heavy atom. The number of carbonyl (C=O) groups excluding carboxylic acids is 1. The Kier molecular flexibility index (Phi) is 4.08. The zero-order chi connectivity index (χ0) is 17.5. The van der Waals surface area contributed by atoms with Gasteiger partial charge in [0.15, 0.2) is 0 Å². The third-order valence-corrected chi connectivity index (χ3v) is 5.34. The van der Waals surface area contributed by atoms with Crippen LogP contribution in [-0.4, -0.2) is 37.4 Å². The number of benzene rings is 1. The molecule has 0 fully saturated rings. The molecule has 0 saturated carbocycles. The van der Waals surface area contributed by atoms with Gasteiger partial charge in [0.1, 0.15) is 16.4 Å². The lowest BCUT2D eigenvalue weighted by Gasteiger charge is -2.12. The van der Waals surface area contributed by atoms with Gasteiger partial charge in [-0.05, 0) is 37.1 Å². The van der Waals surface area contributed by atoms with Gasteiger partial charge in [-0.2, -0.15) is 0 Å². The van der Waals surface area contributed by atoms with E-state index < -0.39 is 15.8 Å². The van der Waals surface area contributed by atoms with Gasteiger partial charge in [-0.1, -0.05) is 6.07 Å². The van der Waals surface area contributed by atoms with Gasteiger partial charge in [-0.15, -0.1) is 0 Å². The number of amides is 1. The topological polar surface area (TPSA) is 71.4 Å². The number of fused-ring (bicyclic) bond motifs is 1. The van der Waals surface area contributed by atoms with Gasteiger partial charge in [0.2, 0.25) is 0 Å². The molecule has 0 unspecified atom stereocenters. The molecule has 0 saturated heterocycles. The Balaban J connectivity index is 1.95. The number of anilines is 1. The molecule has 128 valence electrons. The Morgan fingerprint density at radius 1 is 1.21 bits per heavy atom. The molecule has 0 bridgehead atoms. The van der Waals surface area contributed by atoms with Gasteiger partial charge in [0.05, 0.1) is 5.69 Å². The molecule has 1 aliphatic heterocycles. The monoisotopic (exact) mass is 351 g/mol. The predicted octanol–water partition coefficient (Wildman–Crippen LogP) is 2.21. The van der Waals surface area contributed by atoms with Crippen molar-refractivity contribution in [3.8, 4) is 0 Å².